The number of rotatable bonds is 8. The quantitative estimate of drug-likeness (QED) is 0.328. The van der Waals surface area contributed by atoms with Gasteiger partial charge in [-0.25, -0.2) is 9.59 Å². The second-order valence-corrected chi connectivity index (χ2v) is 8.60. The lowest BCUT2D eigenvalue weighted by molar-refractivity contribution is -0.145. The lowest BCUT2D eigenvalue weighted by Gasteiger charge is -2.26. The zero-order chi connectivity index (χ0) is 26.7. The number of hydrogen-bond acceptors (Lipinski definition) is 9. The first-order valence-electron chi connectivity index (χ1n) is 11.7. The van der Waals surface area contributed by atoms with Crippen molar-refractivity contribution in [2.24, 2.45) is 5.10 Å². The molecule has 1 unspecified atom stereocenters. The Morgan fingerprint density at radius 1 is 1.00 bits per heavy atom. The number of nitrogens with zero attached hydrogens (tertiary/aromatic N) is 2. The van der Waals surface area contributed by atoms with Gasteiger partial charge >= 0.3 is 11.9 Å². The fraction of sp³-hybridized carbons (Fsp3) is 0.222. The van der Waals surface area contributed by atoms with Gasteiger partial charge in [-0.3, -0.25) is 10.3 Å². The molecule has 0 saturated heterocycles. The lowest BCUT2D eigenvalue weighted by atomic mass is 9.98. The molecule has 4 rings (SSSR count). The molecule has 3 aromatic rings. The van der Waals surface area contributed by atoms with Crippen molar-refractivity contribution >= 4 is 23.5 Å². The summed E-state index contributed by atoms with van der Waals surface area (Å²) in [6, 6.07) is 15.7. The number of anilines is 1. The van der Waals surface area contributed by atoms with Crippen LogP contribution < -0.4 is 15.1 Å². The molecule has 10 heteroatoms. The highest BCUT2D eigenvalue weighted by Crippen LogP contribution is 2.36. The summed E-state index contributed by atoms with van der Waals surface area (Å²) in [5.41, 5.74) is 4.45. The van der Waals surface area contributed by atoms with Crippen molar-refractivity contribution < 1.29 is 34.4 Å². The van der Waals surface area contributed by atoms with Gasteiger partial charge in [-0.05, 0) is 73.0 Å². The van der Waals surface area contributed by atoms with Crippen molar-refractivity contribution in [2.75, 3.05) is 11.5 Å². The van der Waals surface area contributed by atoms with E-state index in [0.29, 0.717) is 28.3 Å². The van der Waals surface area contributed by atoms with Gasteiger partial charge in [-0.1, -0.05) is 13.8 Å². The third-order valence-corrected chi connectivity index (χ3v) is 5.75. The number of aromatic carboxylic acids is 1. The molecule has 10 nitrogen and oxygen atoms in total. The van der Waals surface area contributed by atoms with E-state index >= 15 is 0 Å². The summed E-state index contributed by atoms with van der Waals surface area (Å²) in [5.74, 6) is -0.607. The molecule has 3 aromatic carbocycles. The average molecular weight is 506 g/mol. The van der Waals surface area contributed by atoms with E-state index in [1.165, 1.54) is 18.2 Å². The first-order valence-corrected chi connectivity index (χ1v) is 11.7. The van der Waals surface area contributed by atoms with Gasteiger partial charge < -0.3 is 24.8 Å². The molecule has 0 bridgehead atoms. The van der Waals surface area contributed by atoms with Gasteiger partial charge in [0.15, 0.2) is 5.84 Å². The number of phenols is 2. The Morgan fingerprint density at radius 2 is 1.62 bits per heavy atom. The first-order chi connectivity index (χ1) is 17.7. The molecule has 0 amide bonds. The van der Waals surface area contributed by atoms with Gasteiger partial charge in [0.05, 0.1) is 17.7 Å². The summed E-state index contributed by atoms with van der Waals surface area (Å²) in [4.78, 5) is 25.4. The van der Waals surface area contributed by atoms with Crippen LogP contribution in [0.1, 0.15) is 48.2 Å². The van der Waals surface area contributed by atoms with Crippen LogP contribution in [0.4, 0.5) is 5.69 Å². The zero-order valence-electron chi connectivity index (χ0n) is 20.5. The molecule has 0 fully saturated rings. The van der Waals surface area contributed by atoms with Crippen molar-refractivity contribution in [3.63, 3.8) is 0 Å². The smallest absolute Gasteiger partial charge is 0.351 e. The predicted molar refractivity (Wildman–Crippen MR) is 136 cm³/mol. The van der Waals surface area contributed by atoms with Gasteiger partial charge in [0.1, 0.15) is 23.0 Å². The topological polar surface area (TPSA) is 141 Å². The van der Waals surface area contributed by atoms with E-state index < -0.39 is 18.1 Å². The molecule has 1 atom stereocenters. The summed E-state index contributed by atoms with van der Waals surface area (Å²) in [7, 11) is 0. The number of amidine groups is 1. The molecular formula is C27H27N3O7. The van der Waals surface area contributed by atoms with Crippen LogP contribution >= 0.6 is 0 Å². The van der Waals surface area contributed by atoms with Crippen LogP contribution in [-0.2, 0) is 9.53 Å². The number of phenolic OH excluding ortho intramolecular Hbond substituents is 2. The van der Waals surface area contributed by atoms with Crippen LogP contribution in [0.25, 0.3) is 0 Å². The molecule has 0 spiro atoms. The van der Waals surface area contributed by atoms with Crippen molar-refractivity contribution in [1.29, 1.82) is 0 Å². The van der Waals surface area contributed by atoms with Crippen LogP contribution in [0.3, 0.4) is 0 Å². The second-order valence-electron chi connectivity index (χ2n) is 8.60. The Kier molecular flexibility index (Phi) is 7.19. The van der Waals surface area contributed by atoms with Crippen molar-refractivity contribution in [3.8, 4) is 23.0 Å². The molecule has 0 aromatic heterocycles. The second kappa shape index (κ2) is 10.5. The monoisotopic (exact) mass is 505 g/mol. The van der Waals surface area contributed by atoms with Gasteiger partial charge in [-0.15, -0.1) is 0 Å². The minimum absolute atomic E-state index is 0.0235. The number of aromatic hydroxyl groups is 2. The molecule has 0 radical (unpaired) electrons. The molecule has 37 heavy (non-hydrogen) atoms. The lowest BCUT2D eigenvalue weighted by Crippen LogP contribution is -2.47. The molecular weight excluding hydrogens is 478 g/mol. The summed E-state index contributed by atoms with van der Waals surface area (Å²) >= 11 is 0. The fourth-order valence-electron chi connectivity index (χ4n) is 3.91. The highest BCUT2D eigenvalue weighted by molar-refractivity contribution is 6.15. The van der Waals surface area contributed by atoms with Gasteiger partial charge in [0, 0.05) is 11.8 Å². The van der Waals surface area contributed by atoms with Gasteiger partial charge in [0.25, 0.3) is 0 Å². The fourth-order valence-corrected chi connectivity index (χ4v) is 3.91. The van der Waals surface area contributed by atoms with Crippen molar-refractivity contribution in [3.05, 3.63) is 77.4 Å². The van der Waals surface area contributed by atoms with Crippen LogP contribution in [0, 0.1) is 0 Å². The maximum Gasteiger partial charge on any atom is 0.351 e. The van der Waals surface area contributed by atoms with E-state index in [-0.39, 0.29) is 35.4 Å². The number of ether oxygens (including phenoxy) is 2. The number of hydrazone groups is 1. The molecule has 1 aliphatic rings. The standard InChI is InChI=1S/C27H27N3O7/c1-4-36-27(35)25-29-28-24(21-13-20(15(2)3)22(31)14-23(21)32)30(25)17-7-11-19(12-8-17)37-18-9-5-16(6-10-18)26(33)34/h5-15,25,29,31-32H,4H2,1-3H3,(H,33,34). The van der Waals surface area contributed by atoms with Crippen LogP contribution in [-0.4, -0.2) is 45.9 Å². The minimum atomic E-state index is -1.02. The Labute approximate surface area is 213 Å². The molecule has 192 valence electrons. The maximum absolute atomic E-state index is 12.7. The van der Waals surface area contributed by atoms with E-state index in [1.807, 2.05) is 13.8 Å². The van der Waals surface area contributed by atoms with Crippen LogP contribution in [0.15, 0.2) is 65.8 Å². The Bertz CT molecular complexity index is 1340. The number of carboxylic acids is 1. The number of carbonyl (C=O) groups excluding carboxylic acids is 1. The van der Waals surface area contributed by atoms with Gasteiger partial charge in [0.2, 0.25) is 6.17 Å². The molecule has 0 saturated carbocycles. The maximum atomic E-state index is 12.7. The number of esters is 1. The van der Waals surface area contributed by atoms with Crippen LogP contribution in [0.2, 0.25) is 0 Å². The molecule has 1 heterocycles. The number of carboxylic acid groups (broad SMARTS) is 1. The Balaban J connectivity index is 1.66. The number of hydrogen-bond donors (Lipinski definition) is 4. The normalized spacial score (nSPS) is 14.8. The predicted octanol–water partition coefficient (Wildman–Crippen LogP) is 4.37. The molecule has 1 aliphatic heterocycles. The SMILES string of the molecule is CCOC(=O)C1NN=C(c2cc(C(C)C)c(O)cc2O)N1c1ccc(Oc2ccc(C(=O)O)cc2)cc1. The summed E-state index contributed by atoms with van der Waals surface area (Å²) in [5, 5.41) is 34.3. The summed E-state index contributed by atoms with van der Waals surface area (Å²) in [6.07, 6.45) is -0.985. The first kappa shape index (κ1) is 25.4. The van der Waals surface area contributed by atoms with Crippen molar-refractivity contribution in [1.82, 2.24) is 5.43 Å². The third-order valence-electron chi connectivity index (χ3n) is 5.75. The van der Waals surface area contributed by atoms with Crippen molar-refractivity contribution in [2.45, 2.75) is 32.9 Å². The number of carbonyl (C=O) groups is 2. The van der Waals surface area contributed by atoms with E-state index in [2.05, 4.69) is 10.5 Å². The average Bonchev–Trinajstić information content (AvgIpc) is 3.30. The Morgan fingerprint density at radius 3 is 2.19 bits per heavy atom. The number of nitrogens with one attached hydrogen (secondary N) is 1. The number of benzene rings is 3. The summed E-state index contributed by atoms with van der Waals surface area (Å²) in [6.45, 7) is 5.71. The third kappa shape index (κ3) is 5.27. The van der Waals surface area contributed by atoms with E-state index in [1.54, 1.807) is 54.3 Å². The highest BCUT2D eigenvalue weighted by Gasteiger charge is 2.37. The largest absolute Gasteiger partial charge is 0.508 e. The van der Waals surface area contributed by atoms with E-state index in [0.717, 1.165) is 0 Å². The van der Waals surface area contributed by atoms with E-state index in [4.69, 9.17) is 14.6 Å². The zero-order valence-corrected chi connectivity index (χ0v) is 20.5. The Hall–Kier alpha value is -4.73. The summed E-state index contributed by atoms with van der Waals surface area (Å²) < 4.78 is 11.0. The minimum Gasteiger partial charge on any atom is -0.508 e. The van der Waals surface area contributed by atoms with E-state index in [9.17, 15) is 19.8 Å². The molecule has 0 aliphatic carbocycles. The highest BCUT2D eigenvalue weighted by atomic mass is 16.5. The van der Waals surface area contributed by atoms with Gasteiger partial charge in [-0.2, -0.15) is 5.10 Å². The van der Waals surface area contributed by atoms with Crippen LogP contribution in [0.5, 0.6) is 23.0 Å². The molecule has 4 N–H and O–H groups in total.